The van der Waals surface area contributed by atoms with Crippen molar-refractivity contribution in [2.45, 2.75) is 30.8 Å². The minimum Gasteiger partial charge on any atom is -0.377 e. The van der Waals surface area contributed by atoms with Crippen LogP contribution >= 0.6 is 11.3 Å². The van der Waals surface area contributed by atoms with E-state index in [1.54, 1.807) is 35.6 Å². The molecule has 1 amide bonds. The lowest BCUT2D eigenvalue weighted by Crippen LogP contribution is -2.32. The quantitative estimate of drug-likeness (QED) is 0.562. The van der Waals surface area contributed by atoms with Crippen molar-refractivity contribution in [3.63, 3.8) is 0 Å². The third kappa shape index (κ3) is 5.37. The van der Waals surface area contributed by atoms with Crippen LogP contribution < -0.4 is 10.0 Å². The minimum absolute atomic E-state index is 0.0485. The first-order valence-corrected chi connectivity index (χ1v) is 12.3. The summed E-state index contributed by atoms with van der Waals surface area (Å²) >= 11 is 1.58. The van der Waals surface area contributed by atoms with Crippen molar-refractivity contribution in [1.82, 2.24) is 9.71 Å². The predicted octanol–water partition coefficient (Wildman–Crippen LogP) is 3.83. The summed E-state index contributed by atoms with van der Waals surface area (Å²) in [6.07, 6.45) is 1.68. The van der Waals surface area contributed by atoms with E-state index in [1.807, 2.05) is 24.4 Å². The van der Waals surface area contributed by atoms with E-state index in [9.17, 15) is 13.2 Å². The van der Waals surface area contributed by atoms with Gasteiger partial charge in [0.2, 0.25) is 10.0 Å². The van der Waals surface area contributed by atoms with Gasteiger partial charge in [-0.1, -0.05) is 18.2 Å². The van der Waals surface area contributed by atoms with Crippen molar-refractivity contribution in [2.24, 2.45) is 0 Å². The van der Waals surface area contributed by atoms with Gasteiger partial charge in [0.05, 0.1) is 21.7 Å². The first-order chi connectivity index (χ1) is 14.9. The van der Waals surface area contributed by atoms with E-state index < -0.39 is 10.0 Å². The number of hydrogen-bond donors (Lipinski definition) is 2. The summed E-state index contributed by atoms with van der Waals surface area (Å²) in [4.78, 5) is 17.2. The van der Waals surface area contributed by atoms with E-state index in [-0.39, 0.29) is 29.0 Å². The van der Waals surface area contributed by atoms with Gasteiger partial charge < -0.3 is 10.1 Å². The maximum Gasteiger partial charge on any atom is 0.255 e. The van der Waals surface area contributed by atoms with E-state index in [4.69, 9.17) is 4.74 Å². The third-order valence-corrected chi connectivity index (χ3v) is 7.18. The molecule has 1 fully saturated rings. The molecule has 0 unspecified atom stereocenters. The Bertz CT molecular complexity index is 1170. The van der Waals surface area contributed by atoms with Crippen molar-refractivity contribution in [1.29, 1.82) is 0 Å². The van der Waals surface area contributed by atoms with Gasteiger partial charge in [0.15, 0.2) is 0 Å². The zero-order chi connectivity index (χ0) is 21.8. The molecule has 1 aliphatic heterocycles. The zero-order valence-corrected chi connectivity index (χ0v) is 18.6. The van der Waals surface area contributed by atoms with E-state index >= 15 is 0 Å². The number of nitrogens with zero attached hydrogens (tertiary/aromatic N) is 1. The molecule has 1 aliphatic rings. The Morgan fingerprint density at radius 1 is 1.23 bits per heavy atom. The number of aryl methyl sites for hydroxylation is 1. The lowest BCUT2D eigenvalue weighted by molar-refractivity contribution is 0.102. The molecule has 7 nitrogen and oxygen atoms in total. The molecular formula is C22H23N3O4S2. The number of sulfonamides is 1. The van der Waals surface area contributed by atoms with Crippen LogP contribution in [0.3, 0.4) is 0 Å². The topological polar surface area (TPSA) is 97.4 Å². The van der Waals surface area contributed by atoms with Gasteiger partial charge in [-0.05, 0) is 50.1 Å². The number of ether oxygens (including phenoxy) is 1. The normalized spacial score (nSPS) is 16.4. The summed E-state index contributed by atoms with van der Waals surface area (Å²) in [6, 6.07) is 13.4. The second-order valence-corrected chi connectivity index (χ2v) is 10.1. The smallest absolute Gasteiger partial charge is 0.255 e. The largest absolute Gasteiger partial charge is 0.377 e. The van der Waals surface area contributed by atoms with Gasteiger partial charge in [0, 0.05) is 35.3 Å². The second kappa shape index (κ2) is 9.27. The summed E-state index contributed by atoms with van der Waals surface area (Å²) in [6.45, 7) is 2.84. The molecule has 0 bridgehead atoms. The molecule has 4 rings (SSSR count). The highest BCUT2D eigenvalue weighted by Gasteiger charge is 2.21. The maximum absolute atomic E-state index is 12.7. The average Bonchev–Trinajstić information content (AvgIpc) is 3.45. The molecule has 2 aromatic carbocycles. The molecule has 9 heteroatoms. The predicted molar refractivity (Wildman–Crippen MR) is 121 cm³/mol. The van der Waals surface area contributed by atoms with E-state index in [0.717, 1.165) is 29.1 Å². The summed E-state index contributed by atoms with van der Waals surface area (Å²) < 4.78 is 33.2. The SMILES string of the molecule is Cc1nc(-c2ccc(NC(=O)c3cccc(S(=O)(=O)NC[C@@H]4CCCO4)c3)cc2)cs1. The van der Waals surface area contributed by atoms with Gasteiger partial charge in [-0.25, -0.2) is 18.1 Å². The molecular weight excluding hydrogens is 434 g/mol. The highest BCUT2D eigenvalue weighted by molar-refractivity contribution is 7.89. The number of anilines is 1. The van der Waals surface area contributed by atoms with Crippen LogP contribution in [0, 0.1) is 6.92 Å². The summed E-state index contributed by atoms with van der Waals surface area (Å²) in [7, 11) is -3.73. The molecule has 0 aliphatic carbocycles. The fourth-order valence-electron chi connectivity index (χ4n) is 3.32. The maximum atomic E-state index is 12.7. The van der Waals surface area contributed by atoms with Crippen LogP contribution in [0.5, 0.6) is 0 Å². The number of rotatable bonds is 7. The van der Waals surface area contributed by atoms with Crippen LogP contribution in [-0.2, 0) is 14.8 Å². The van der Waals surface area contributed by atoms with Crippen molar-refractivity contribution < 1.29 is 17.9 Å². The van der Waals surface area contributed by atoms with Crippen LogP contribution in [0.2, 0.25) is 0 Å². The average molecular weight is 458 g/mol. The fraction of sp³-hybridized carbons (Fsp3) is 0.273. The first kappa shape index (κ1) is 21.6. The number of carbonyl (C=O) groups excluding carboxylic acids is 1. The molecule has 1 saturated heterocycles. The van der Waals surface area contributed by atoms with E-state index in [1.165, 1.54) is 12.1 Å². The van der Waals surface area contributed by atoms with Crippen molar-refractivity contribution >= 4 is 33.0 Å². The van der Waals surface area contributed by atoms with Crippen LogP contribution in [0.25, 0.3) is 11.3 Å². The van der Waals surface area contributed by atoms with E-state index in [0.29, 0.717) is 12.3 Å². The highest BCUT2D eigenvalue weighted by atomic mass is 32.2. The minimum atomic E-state index is -3.73. The molecule has 2 N–H and O–H groups in total. The molecule has 162 valence electrons. The Balaban J connectivity index is 1.43. The Morgan fingerprint density at radius 3 is 2.71 bits per heavy atom. The van der Waals surface area contributed by atoms with Crippen LogP contribution in [0.4, 0.5) is 5.69 Å². The monoisotopic (exact) mass is 457 g/mol. The number of carbonyl (C=O) groups is 1. The van der Waals surface area contributed by atoms with Gasteiger partial charge in [-0.2, -0.15) is 0 Å². The first-order valence-electron chi connectivity index (χ1n) is 9.96. The van der Waals surface area contributed by atoms with Gasteiger partial charge in [0.25, 0.3) is 5.91 Å². The highest BCUT2D eigenvalue weighted by Crippen LogP contribution is 2.23. The summed E-state index contributed by atoms with van der Waals surface area (Å²) in [5.41, 5.74) is 2.74. The number of aromatic nitrogens is 1. The van der Waals surface area contributed by atoms with Gasteiger partial charge in [-0.15, -0.1) is 11.3 Å². The molecule has 1 aromatic heterocycles. The summed E-state index contributed by atoms with van der Waals surface area (Å²) in [5.74, 6) is -0.381. The van der Waals surface area contributed by atoms with Crippen LogP contribution in [0.15, 0.2) is 58.8 Å². The Labute approximate surface area is 185 Å². The number of amides is 1. The number of benzene rings is 2. The van der Waals surface area contributed by atoms with Gasteiger partial charge >= 0.3 is 0 Å². The van der Waals surface area contributed by atoms with Crippen molar-refractivity contribution in [2.75, 3.05) is 18.5 Å². The fourth-order valence-corrected chi connectivity index (χ4v) is 5.05. The molecule has 1 atom stereocenters. The third-order valence-electron chi connectivity index (χ3n) is 4.99. The standard InChI is InChI=1S/C22H23N3O4S2/c1-15-24-21(14-30-15)16-7-9-18(10-8-16)25-22(26)17-4-2-6-20(12-17)31(27,28)23-13-19-5-3-11-29-19/h2,4,6-10,12,14,19,23H,3,5,11,13H2,1H3,(H,25,26)/t19-/m0/s1. The molecule has 31 heavy (non-hydrogen) atoms. The Hall–Kier alpha value is -2.59. The van der Waals surface area contributed by atoms with Crippen LogP contribution in [0.1, 0.15) is 28.2 Å². The van der Waals surface area contributed by atoms with Gasteiger partial charge in [0.1, 0.15) is 0 Å². The van der Waals surface area contributed by atoms with Crippen molar-refractivity contribution in [3.05, 3.63) is 64.5 Å². The lowest BCUT2D eigenvalue weighted by atomic mass is 10.1. The Kier molecular flexibility index (Phi) is 6.47. The molecule has 0 spiro atoms. The van der Waals surface area contributed by atoms with Crippen molar-refractivity contribution in [3.8, 4) is 11.3 Å². The number of thiazole rings is 1. The number of nitrogens with one attached hydrogen (secondary N) is 2. The van der Waals surface area contributed by atoms with Gasteiger partial charge in [-0.3, -0.25) is 4.79 Å². The molecule has 2 heterocycles. The number of hydrogen-bond acceptors (Lipinski definition) is 6. The van der Waals surface area contributed by atoms with E-state index in [2.05, 4.69) is 15.0 Å². The molecule has 0 saturated carbocycles. The zero-order valence-electron chi connectivity index (χ0n) is 17.0. The summed E-state index contributed by atoms with van der Waals surface area (Å²) in [5, 5.41) is 5.79. The Morgan fingerprint density at radius 2 is 2.03 bits per heavy atom. The lowest BCUT2D eigenvalue weighted by Gasteiger charge is -2.12. The second-order valence-electron chi connectivity index (χ2n) is 7.30. The molecule has 0 radical (unpaired) electrons. The molecule has 3 aromatic rings. The van der Waals surface area contributed by atoms with Crippen LogP contribution in [-0.4, -0.2) is 38.6 Å².